The Labute approximate surface area is 159 Å². The predicted octanol–water partition coefficient (Wildman–Crippen LogP) is 3.05. The zero-order valence-electron chi connectivity index (χ0n) is 15.2. The van der Waals surface area contributed by atoms with Crippen LogP contribution in [0, 0.1) is 6.92 Å². The summed E-state index contributed by atoms with van der Waals surface area (Å²) in [5, 5.41) is 2.87. The molecule has 0 unspecified atom stereocenters. The largest absolute Gasteiger partial charge is 0.351 e. The van der Waals surface area contributed by atoms with Crippen molar-refractivity contribution in [2.24, 2.45) is 0 Å². The molecule has 0 heterocycles. The number of rotatable bonds is 8. The van der Waals surface area contributed by atoms with E-state index >= 15 is 0 Å². The fraction of sp³-hybridized carbons (Fsp3) is 0.316. The number of carbonyl (C=O) groups excluding carboxylic acids is 1. The summed E-state index contributed by atoms with van der Waals surface area (Å²) in [6, 6.07) is 15.0. The molecular weight excluding hydrogens is 368 g/mol. The Morgan fingerprint density at radius 3 is 2.50 bits per heavy atom. The van der Waals surface area contributed by atoms with E-state index in [-0.39, 0.29) is 5.91 Å². The minimum Gasteiger partial charge on any atom is -0.351 e. The molecule has 2 aromatic rings. The van der Waals surface area contributed by atoms with Crippen LogP contribution in [0.5, 0.6) is 0 Å². The number of anilines is 1. The summed E-state index contributed by atoms with van der Waals surface area (Å²) < 4.78 is 24.4. The van der Waals surface area contributed by atoms with Gasteiger partial charge in [0.05, 0.1) is 11.9 Å². The Morgan fingerprint density at radius 2 is 1.85 bits per heavy atom. The second-order valence-electron chi connectivity index (χ2n) is 6.07. The van der Waals surface area contributed by atoms with Crippen molar-refractivity contribution in [2.75, 3.05) is 29.9 Å². The van der Waals surface area contributed by atoms with Crippen LogP contribution in [0.1, 0.15) is 21.5 Å². The molecule has 0 atom stereocenters. The maximum atomic E-state index is 12.3. The lowest BCUT2D eigenvalue weighted by molar-refractivity contribution is 0.0956. The minimum atomic E-state index is -3.35. The molecule has 0 saturated heterocycles. The standard InChI is InChI=1S/C19H24N2O3S2/c1-15-7-9-16(10-8-15)14-25-12-11-20-19(22)17-5-4-6-18(13-17)21(2)26(3,23)24/h4-10,13H,11-12,14H2,1-3H3,(H,20,22). The summed E-state index contributed by atoms with van der Waals surface area (Å²) in [5.74, 6) is 1.51. The maximum Gasteiger partial charge on any atom is 0.251 e. The Morgan fingerprint density at radius 1 is 1.15 bits per heavy atom. The van der Waals surface area contributed by atoms with Crippen molar-refractivity contribution in [1.82, 2.24) is 5.32 Å². The number of amides is 1. The maximum absolute atomic E-state index is 12.3. The third-order valence-corrected chi connectivity index (χ3v) is 6.13. The lowest BCUT2D eigenvalue weighted by Crippen LogP contribution is -2.27. The van der Waals surface area contributed by atoms with E-state index < -0.39 is 10.0 Å². The number of nitrogens with one attached hydrogen (secondary N) is 1. The summed E-state index contributed by atoms with van der Waals surface area (Å²) in [7, 11) is -1.89. The van der Waals surface area contributed by atoms with Gasteiger partial charge in [-0.05, 0) is 30.7 Å². The molecule has 0 aromatic heterocycles. The highest BCUT2D eigenvalue weighted by atomic mass is 32.2. The van der Waals surface area contributed by atoms with Crippen molar-refractivity contribution in [3.63, 3.8) is 0 Å². The van der Waals surface area contributed by atoms with Crippen LogP contribution in [0.4, 0.5) is 5.69 Å². The van der Waals surface area contributed by atoms with Crippen LogP contribution in [0.15, 0.2) is 48.5 Å². The average Bonchev–Trinajstić information content (AvgIpc) is 2.61. The van der Waals surface area contributed by atoms with Gasteiger partial charge in [0.1, 0.15) is 0 Å². The Kier molecular flexibility index (Phi) is 7.11. The molecule has 1 N–H and O–H groups in total. The third-order valence-electron chi connectivity index (χ3n) is 3.89. The van der Waals surface area contributed by atoms with Crippen molar-refractivity contribution in [2.45, 2.75) is 12.7 Å². The van der Waals surface area contributed by atoms with Gasteiger partial charge < -0.3 is 5.32 Å². The minimum absolute atomic E-state index is 0.204. The SMILES string of the molecule is Cc1ccc(CSCCNC(=O)c2cccc(N(C)S(C)(=O)=O)c2)cc1. The molecule has 7 heteroatoms. The Balaban J connectivity index is 1.81. The molecule has 0 saturated carbocycles. The molecule has 0 fully saturated rings. The quantitative estimate of drug-likeness (QED) is 0.701. The fourth-order valence-corrected chi connectivity index (χ4v) is 3.56. The summed E-state index contributed by atoms with van der Waals surface area (Å²) in [5.41, 5.74) is 3.42. The molecule has 0 aliphatic carbocycles. The summed E-state index contributed by atoms with van der Waals surface area (Å²) in [6.07, 6.45) is 1.13. The first-order valence-electron chi connectivity index (χ1n) is 8.23. The van der Waals surface area contributed by atoms with Crippen LogP contribution in [0.3, 0.4) is 0 Å². The molecule has 1 amide bonds. The molecule has 2 rings (SSSR count). The molecule has 0 aliphatic rings. The zero-order chi connectivity index (χ0) is 19.2. The van der Waals surface area contributed by atoms with E-state index in [2.05, 4.69) is 36.5 Å². The number of thioether (sulfide) groups is 1. The van der Waals surface area contributed by atoms with Crippen LogP contribution >= 0.6 is 11.8 Å². The normalized spacial score (nSPS) is 11.2. The molecule has 5 nitrogen and oxygen atoms in total. The monoisotopic (exact) mass is 392 g/mol. The number of hydrogen-bond acceptors (Lipinski definition) is 4. The van der Waals surface area contributed by atoms with Gasteiger partial charge in [-0.3, -0.25) is 9.10 Å². The second kappa shape index (κ2) is 9.09. The molecule has 0 radical (unpaired) electrons. The highest BCUT2D eigenvalue weighted by Crippen LogP contribution is 2.17. The number of aryl methyl sites for hydroxylation is 1. The van der Waals surface area contributed by atoms with Gasteiger partial charge in [0.15, 0.2) is 0 Å². The Hall–Kier alpha value is -1.99. The van der Waals surface area contributed by atoms with E-state index in [0.717, 1.165) is 22.1 Å². The lowest BCUT2D eigenvalue weighted by Gasteiger charge is -2.17. The first kappa shape index (κ1) is 20.3. The number of benzene rings is 2. The first-order valence-corrected chi connectivity index (χ1v) is 11.2. The van der Waals surface area contributed by atoms with Gasteiger partial charge in [0.2, 0.25) is 10.0 Å². The fourth-order valence-electron chi connectivity index (χ4n) is 2.25. The molecule has 0 spiro atoms. The van der Waals surface area contributed by atoms with Gasteiger partial charge >= 0.3 is 0 Å². The van der Waals surface area contributed by atoms with Crippen molar-refractivity contribution in [1.29, 1.82) is 0 Å². The van der Waals surface area contributed by atoms with Crippen LogP contribution in [-0.2, 0) is 15.8 Å². The van der Waals surface area contributed by atoms with E-state index in [4.69, 9.17) is 0 Å². The zero-order valence-corrected chi connectivity index (χ0v) is 16.9. The molecule has 2 aromatic carbocycles. The molecule has 0 bridgehead atoms. The van der Waals surface area contributed by atoms with E-state index in [1.165, 1.54) is 18.2 Å². The van der Waals surface area contributed by atoms with Crippen LogP contribution in [0.2, 0.25) is 0 Å². The molecule has 140 valence electrons. The van der Waals surface area contributed by atoms with E-state index in [9.17, 15) is 13.2 Å². The van der Waals surface area contributed by atoms with Crippen molar-refractivity contribution < 1.29 is 13.2 Å². The molecular formula is C19H24N2O3S2. The van der Waals surface area contributed by atoms with E-state index in [0.29, 0.717) is 17.8 Å². The van der Waals surface area contributed by atoms with Crippen molar-refractivity contribution in [3.05, 3.63) is 65.2 Å². The summed E-state index contributed by atoms with van der Waals surface area (Å²) in [4.78, 5) is 12.3. The number of sulfonamides is 1. The molecule has 0 aliphatic heterocycles. The number of hydrogen-bond donors (Lipinski definition) is 1. The smallest absolute Gasteiger partial charge is 0.251 e. The number of nitrogens with zero attached hydrogens (tertiary/aromatic N) is 1. The van der Waals surface area contributed by atoms with Gasteiger partial charge in [0, 0.05) is 30.7 Å². The highest BCUT2D eigenvalue weighted by Gasteiger charge is 2.13. The van der Waals surface area contributed by atoms with Gasteiger partial charge in [-0.15, -0.1) is 0 Å². The van der Waals surface area contributed by atoms with E-state index in [1.807, 2.05) is 0 Å². The van der Waals surface area contributed by atoms with E-state index in [1.54, 1.807) is 36.0 Å². The van der Waals surface area contributed by atoms with Gasteiger partial charge in [0.25, 0.3) is 5.91 Å². The number of carbonyl (C=O) groups is 1. The second-order valence-corrected chi connectivity index (χ2v) is 9.19. The summed E-state index contributed by atoms with van der Waals surface area (Å²) in [6.45, 7) is 2.62. The van der Waals surface area contributed by atoms with Crippen LogP contribution in [-0.4, -0.2) is 39.9 Å². The topological polar surface area (TPSA) is 66.5 Å². The third kappa shape index (κ3) is 6.07. The average molecular weight is 393 g/mol. The van der Waals surface area contributed by atoms with Gasteiger partial charge in [-0.2, -0.15) is 11.8 Å². The van der Waals surface area contributed by atoms with Crippen LogP contribution in [0.25, 0.3) is 0 Å². The molecule has 26 heavy (non-hydrogen) atoms. The van der Waals surface area contributed by atoms with Gasteiger partial charge in [-0.1, -0.05) is 35.9 Å². The van der Waals surface area contributed by atoms with Crippen LogP contribution < -0.4 is 9.62 Å². The van der Waals surface area contributed by atoms with Crippen molar-refractivity contribution in [3.8, 4) is 0 Å². The lowest BCUT2D eigenvalue weighted by atomic mass is 10.2. The summed E-state index contributed by atoms with van der Waals surface area (Å²) >= 11 is 1.76. The van der Waals surface area contributed by atoms with Crippen molar-refractivity contribution >= 4 is 33.4 Å². The highest BCUT2D eigenvalue weighted by molar-refractivity contribution is 7.98. The predicted molar refractivity (Wildman–Crippen MR) is 109 cm³/mol. The first-order chi connectivity index (χ1) is 12.3. The Bertz CT molecular complexity index is 849. The van der Waals surface area contributed by atoms with Gasteiger partial charge in [-0.25, -0.2) is 8.42 Å².